The molecule has 0 saturated carbocycles. The van der Waals surface area contributed by atoms with Gasteiger partial charge in [0.2, 0.25) is 0 Å². The number of nitrogens with zero attached hydrogens (tertiary/aromatic N) is 1. The number of ether oxygens (including phenoxy) is 2. The van der Waals surface area contributed by atoms with Gasteiger partial charge < -0.3 is 13.9 Å². The number of rotatable bonds is 9. The van der Waals surface area contributed by atoms with Crippen molar-refractivity contribution in [2.45, 2.75) is 17.9 Å². The summed E-state index contributed by atoms with van der Waals surface area (Å²) in [4.78, 5) is 0.178. The van der Waals surface area contributed by atoms with Crippen molar-refractivity contribution in [1.29, 1.82) is 0 Å². The maximum absolute atomic E-state index is 13.5. The summed E-state index contributed by atoms with van der Waals surface area (Å²) in [5, 5.41) is 0. The topological polar surface area (TPSA) is 69.0 Å². The molecular formula is C21H22ClNO5S. The van der Waals surface area contributed by atoms with Crippen molar-refractivity contribution in [3.63, 3.8) is 0 Å². The number of furan rings is 1. The number of benzene rings is 2. The largest absolute Gasteiger partial charge is 0.493 e. The lowest BCUT2D eigenvalue weighted by molar-refractivity contribution is 0.355. The van der Waals surface area contributed by atoms with Gasteiger partial charge in [0.1, 0.15) is 5.76 Å². The normalized spacial score (nSPS) is 11.3. The standard InChI is InChI=1S/C21H22ClNO5S/c1-26-20-10-7-17(14-21(20)27-2)23(15-18-4-3-13-28-18)29(24,25)19-8-5-16(6-9-19)11-12-22/h3-10,13-14H,11-12,15H2,1-2H3. The van der Waals surface area contributed by atoms with Gasteiger partial charge in [-0.15, -0.1) is 11.6 Å². The molecule has 1 aromatic heterocycles. The van der Waals surface area contributed by atoms with Crippen molar-refractivity contribution in [2.75, 3.05) is 24.4 Å². The highest BCUT2D eigenvalue weighted by atomic mass is 35.5. The second-order valence-corrected chi connectivity index (χ2v) is 8.45. The van der Waals surface area contributed by atoms with Crippen LogP contribution in [0, 0.1) is 0 Å². The van der Waals surface area contributed by atoms with E-state index >= 15 is 0 Å². The molecule has 0 aliphatic rings. The SMILES string of the molecule is COc1ccc(N(Cc2ccco2)S(=O)(=O)c2ccc(CCCl)cc2)cc1OC. The van der Waals surface area contributed by atoms with Crippen molar-refractivity contribution in [3.8, 4) is 11.5 Å². The summed E-state index contributed by atoms with van der Waals surface area (Å²) in [6, 6.07) is 15.1. The number of anilines is 1. The molecule has 3 aromatic rings. The van der Waals surface area contributed by atoms with Crippen LogP contribution in [0.3, 0.4) is 0 Å². The number of halogens is 1. The van der Waals surface area contributed by atoms with Crippen LogP contribution in [-0.2, 0) is 23.0 Å². The average molecular weight is 436 g/mol. The molecule has 0 spiro atoms. The first-order chi connectivity index (χ1) is 14.0. The van der Waals surface area contributed by atoms with E-state index in [0.29, 0.717) is 35.2 Å². The van der Waals surface area contributed by atoms with E-state index < -0.39 is 10.0 Å². The second kappa shape index (κ2) is 9.24. The summed E-state index contributed by atoms with van der Waals surface area (Å²) in [5.41, 5.74) is 1.41. The Balaban J connectivity index is 2.05. The van der Waals surface area contributed by atoms with Crippen LogP contribution in [0.2, 0.25) is 0 Å². The molecule has 0 saturated heterocycles. The average Bonchev–Trinajstić information content (AvgIpc) is 3.25. The maximum Gasteiger partial charge on any atom is 0.264 e. The fraction of sp³-hybridized carbons (Fsp3) is 0.238. The molecule has 0 atom stereocenters. The van der Waals surface area contributed by atoms with Crippen LogP contribution >= 0.6 is 11.6 Å². The predicted molar refractivity (Wildman–Crippen MR) is 112 cm³/mol. The van der Waals surface area contributed by atoms with Crippen LogP contribution in [0.15, 0.2) is 70.2 Å². The van der Waals surface area contributed by atoms with Crippen LogP contribution in [0.5, 0.6) is 11.5 Å². The zero-order chi connectivity index (χ0) is 20.9. The lowest BCUT2D eigenvalue weighted by atomic mass is 10.2. The van der Waals surface area contributed by atoms with Crippen LogP contribution in [0.25, 0.3) is 0 Å². The number of methoxy groups -OCH3 is 2. The summed E-state index contributed by atoms with van der Waals surface area (Å²) in [6.07, 6.45) is 2.18. The first-order valence-corrected chi connectivity index (χ1v) is 10.9. The third-order valence-corrected chi connectivity index (χ3v) is 6.41. The summed E-state index contributed by atoms with van der Waals surface area (Å²) in [6.45, 7) is 0.0360. The van der Waals surface area contributed by atoms with Gasteiger partial charge in [0.05, 0.1) is 37.6 Å². The first-order valence-electron chi connectivity index (χ1n) is 8.91. The number of aryl methyl sites for hydroxylation is 1. The van der Waals surface area contributed by atoms with E-state index in [2.05, 4.69) is 0 Å². The molecule has 3 rings (SSSR count). The molecule has 154 valence electrons. The van der Waals surface area contributed by atoms with Gasteiger partial charge in [-0.05, 0) is 48.4 Å². The van der Waals surface area contributed by atoms with Gasteiger partial charge in [-0.3, -0.25) is 4.31 Å². The summed E-state index contributed by atoms with van der Waals surface area (Å²) >= 11 is 5.77. The minimum atomic E-state index is -3.86. The van der Waals surface area contributed by atoms with E-state index in [9.17, 15) is 8.42 Å². The zero-order valence-electron chi connectivity index (χ0n) is 16.2. The van der Waals surface area contributed by atoms with Crippen molar-refractivity contribution >= 4 is 27.3 Å². The highest BCUT2D eigenvalue weighted by Gasteiger charge is 2.27. The molecule has 2 aromatic carbocycles. The van der Waals surface area contributed by atoms with Gasteiger partial charge in [-0.25, -0.2) is 8.42 Å². The minimum absolute atomic E-state index is 0.0360. The molecule has 0 amide bonds. The van der Waals surface area contributed by atoms with Gasteiger partial charge in [0, 0.05) is 11.9 Å². The van der Waals surface area contributed by atoms with E-state index in [0.717, 1.165) is 5.56 Å². The quantitative estimate of drug-likeness (QED) is 0.464. The Bertz CT molecular complexity index is 1030. The Morgan fingerprint density at radius 2 is 1.72 bits per heavy atom. The van der Waals surface area contributed by atoms with Gasteiger partial charge in [0.25, 0.3) is 10.0 Å². The van der Waals surface area contributed by atoms with E-state index in [4.69, 9.17) is 25.5 Å². The second-order valence-electron chi connectivity index (χ2n) is 6.21. The smallest absolute Gasteiger partial charge is 0.264 e. The molecule has 0 N–H and O–H groups in total. The fourth-order valence-corrected chi connectivity index (χ4v) is 4.54. The highest BCUT2D eigenvalue weighted by Crippen LogP contribution is 2.34. The Labute approximate surface area is 175 Å². The summed E-state index contributed by atoms with van der Waals surface area (Å²) < 4.78 is 44.2. The number of sulfonamides is 1. The summed E-state index contributed by atoms with van der Waals surface area (Å²) in [5.74, 6) is 1.93. The Morgan fingerprint density at radius 3 is 2.31 bits per heavy atom. The molecule has 0 aliphatic carbocycles. The summed E-state index contributed by atoms with van der Waals surface area (Å²) in [7, 11) is -0.835. The van der Waals surface area contributed by atoms with Crippen LogP contribution in [0.4, 0.5) is 5.69 Å². The van der Waals surface area contributed by atoms with E-state index in [1.807, 2.05) is 0 Å². The fourth-order valence-electron chi connectivity index (χ4n) is 2.90. The molecule has 0 fully saturated rings. The van der Waals surface area contributed by atoms with Crippen LogP contribution < -0.4 is 13.8 Å². The van der Waals surface area contributed by atoms with E-state index in [-0.39, 0.29) is 11.4 Å². The Morgan fingerprint density at radius 1 is 1.00 bits per heavy atom. The maximum atomic E-state index is 13.5. The van der Waals surface area contributed by atoms with Crippen molar-refractivity contribution in [3.05, 3.63) is 72.2 Å². The van der Waals surface area contributed by atoms with E-state index in [1.165, 1.54) is 24.8 Å². The van der Waals surface area contributed by atoms with Crippen molar-refractivity contribution in [2.24, 2.45) is 0 Å². The lowest BCUT2D eigenvalue weighted by Crippen LogP contribution is -2.30. The Hall–Kier alpha value is -2.64. The van der Waals surface area contributed by atoms with E-state index in [1.54, 1.807) is 54.6 Å². The predicted octanol–water partition coefficient (Wildman–Crippen LogP) is 4.47. The highest BCUT2D eigenvalue weighted by molar-refractivity contribution is 7.92. The molecule has 6 nitrogen and oxygen atoms in total. The molecule has 0 bridgehead atoms. The van der Waals surface area contributed by atoms with Crippen molar-refractivity contribution < 1.29 is 22.3 Å². The third-order valence-electron chi connectivity index (χ3n) is 4.43. The number of hydrogen-bond donors (Lipinski definition) is 0. The number of hydrogen-bond acceptors (Lipinski definition) is 5. The molecule has 0 unspecified atom stereocenters. The Kier molecular flexibility index (Phi) is 6.71. The van der Waals surface area contributed by atoms with Gasteiger partial charge >= 0.3 is 0 Å². The van der Waals surface area contributed by atoms with Gasteiger partial charge in [-0.2, -0.15) is 0 Å². The first kappa shape index (κ1) is 21.1. The lowest BCUT2D eigenvalue weighted by Gasteiger charge is -2.24. The monoisotopic (exact) mass is 435 g/mol. The molecule has 8 heteroatoms. The molecule has 1 heterocycles. The molecule has 29 heavy (non-hydrogen) atoms. The molecule has 0 aliphatic heterocycles. The number of alkyl halides is 1. The van der Waals surface area contributed by atoms with Gasteiger partial charge in [-0.1, -0.05) is 12.1 Å². The minimum Gasteiger partial charge on any atom is -0.493 e. The molecule has 0 radical (unpaired) electrons. The third kappa shape index (κ3) is 4.68. The van der Waals surface area contributed by atoms with Crippen LogP contribution in [-0.4, -0.2) is 28.5 Å². The van der Waals surface area contributed by atoms with Crippen LogP contribution in [0.1, 0.15) is 11.3 Å². The molecular weight excluding hydrogens is 414 g/mol. The zero-order valence-corrected chi connectivity index (χ0v) is 17.7. The van der Waals surface area contributed by atoms with Gasteiger partial charge in [0.15, 0.2) is 11.5 Å². The van der Waals surface area contributed by atoms with Crippen molar-refractivity contribution in [1.82, 2.24) is 0 Å².